The molecule has 122 valence electrons. The van der Waals surface area contributed by atoms with Crippen LogP contribution in [-0.4, -0.2) is 12.9 Å². The third kappa shape index (κ3) is 4.49. The van der Waals surface area contributed by atoms with E-state index in [-0.39, 0.29) is 0 Å². The largest absolute Gasteiger partial charge is 0.281 e. The lowest BCUT2D eigenvalue weighted by Crippen LogP contribution is -2.37. The Labute approximate surface area is 155 Å². The van der Waals surface area contributed by atoms with Crippen LogP contribution >= 0.6 is 30.1 Å². The van der Waals surface area contributed by atoms with Gasteiger partial charge in [-0.1, -0.05) is 91.0 Å². The second-order valence-corrected chi connectivity index (χ2v) is 14.9. The summed E-state index contributed by atoms with van der Waals surface area (Å²) in [5, 5.41) is 3.86. The molecule has 0 unspecified atom stereocenters. The fourth-order valence-corrected chi connectivity index (χ4v) is 9.84. The van der Waals surface area contributed by atoms with Gasteiger partial charge >= 0.3 is 0 Å². The van der Waals surface area contributed by atoms with Gasteiger partial charge in [0.05, 0.1) is 0 Å². The zero-order chi connectivity index (χ0) is 16.8. The SMILES string of the molecule is Cl[Si](Cl)(CCP(c1ccccc1)c1ccccc1)c1ccccc1. The van der Waals surface area contributed by atoms with E-state index in [9.17, 15) is 0 Å². The van der Waals surface area contributed by atoms with Crippen LogP contribution in [0, 0.1) is 0 Å². The molecule has 0 aliphatic heterocycles. The van der Waals surface area contributed by atoms with Gasteiger partial charge in [0, 0.05) is 0 Å². The van der Waals surface area contributed by atoms with E-state index in [1.165, 1.54) is 10.6 Å². The summed E-state index contributed by atoms with van der Waals surface area (Å²) < 4.78 is 0. The van der Waals surface area contributed by atoms with Gasteiger partial charge in [-0.25, -0.2) is 0 Å². The zero-order valence-corrected chi connectivity index (χ0v) is 16.7. The first-order valence-electron chi connectivity index (χ1n) is 7.98. The maximum atomic E-state index is 6.80. The van der Waals surface area contributed by atoms with E-state index in [2.05, 4.69) is 72.8 Å². The number of halogens is 2. The fourth-order valence-electron chi connectivity index (χ4n) is 2.70. The van der Waals surface area contributed by atoms with Crippen molar-refractivity contribution in [2.45, 2.75) is 6.04 Å². The second-order valence-electron chi connectivity index (χ2n) is 5.64. The van der Waals surface area contributed by atoms with Crippen LogP contribution in [0.3, 0.4) is 0 Å². The Morgan fingerprint density at radius 3 is 1.50 bits per heavy atom. The monoisotopic (exact) mass is 388 g/mol. The van der Waals surface area contributed by atoms with Crippen LogP contribution in [0.5, 0.6) is 0 Å². The van der Waals surface area contributed by atoms with Crippen LogP contribution in [0.4, 0.5) is 0 Å². The molecule has 0 N–H and O–H groups in total. The van der Waals surface area contributed by atoms with Crippen LogP contribution in [0.25, 0.3) is 0 Å². The van der Waals surface area contributed by atoms with E-state index in [0.29, 0.717) is 0 Å². The predicted molar refractivity (Wildman–Crippen MR) is 112 cm³/mol. The molecule has 3 rings (SSSR count). The van der Waals surface area contributed by atoms with Crippen LogP contribution < -0.4 is 15.8 Å². The molecule has 0 amide bonds. The van der Waals surface area contributed by atoms with Gasteiger partial charge in [0.1, 0.15) is 0 Å². The Balaban J connectivity index is 1.83. The average Bonchev–Trinajstić information content (AvgIpc) is 2.64. The number of benzene rings is 3. The molecule has 0 aliphatic carbocycles. The lowest BCUT2D eigenvalue weighted by Gasteiger charge is -2.23. The smallest absolute Gasteiger partial charge is 0.140 e. The predicted octanol–water partition coefficient (Wildman–Crippen LogP) is 4.95. The average molecular weight is 389 g/mol. The molecule has 0 aliphatic rings. The molecule has 0 nitrogen and oxygen atoms in total. The molecule has 0 fully saturated rings. The van der Waals surface area contributed by atoms with Gasteiger partial charge in [-0.05, 0) is 35.9 Å². The van der Waals surface area contributed by atoms with E-state index >= 15 is 0 Å². The normalized spacial score (nSPS) is 11.6. The molecule has 0 saturated carbocycles. The molecule has 0 heterocycles. The number of hydrogen-bond acceptors (Lipinski definition) is 0. The molecule has 3 aromatic rings. The van der Waals surface area contributed by atoms with Crippen molar-refractivity contribution in [3.63, 3.8) is 0 Å². The maximum absolute atomic E-state index is 6.80. The summed E-state index contributed by atoms with van der Waals surface area (Å²) in [4.78, 5) is 0. The first kappa shape index (κ1) is 17.7. The number of hydrogen-bond donors (Lipinski definition) is 0. The van der Waals surface area contributed by atoms with Crippen molar-refractivity contribution < 1.29 is 0 Å². The van der Waals surface area contributed by atoms with Crippen LogP contribution in [0.1, 0.15) is 0 Å². The topological polar surface area (TPSA) is 0 Å². The Hall–Kier alpha value is -1.11. The van der Waals surface area contributed by atoms with Gasteiger partial charge in [0.15, 0.2) is 0 Å². The highest BCUT2D eigenvalue weighted by Gasteiger charge is 2.32. The molecule has 0 aromatic heterocycles. The van der Waals surface area contributed by atoms with Crippen molar-refractivity contribution in [3.05, 3.63) is 91.0 Å². The molecule has 0 atom stereocenters. The molecule has 0 spiro atoms. The Bertz CT molecular complexity index is 709. The lowest BCUT2D eigenvalue weighted by molar-refractivity contribution is 1.45. The minimum Gasteiger partial charge on any atom is -0.140 e. The summed E-state index contributed by atoms with van der Waals surface area (Å²) >= 11 is 13.6. The molecular formula is C20H19Cl2PSi. The fraction of sp³-hybridized carbons (Fsp3) is 0.100. The van der Waals surface area contributed by atoms with Crippen molar-refractivity contribution in [3.8, 4) is 0 Å². The highest BCUT2D eigenvalue weighted by molar-refractivity contribution is 7.73. The van der Waals surface area contributed by atoms with Gasteiger partial charge in [-0.3, -0.25) is 0 Å². The van der Waals surface area contributed by atoms with E-state index in [1.54, 1.807) is 0 Å². The van der Waals surface area contributed by atoms with Gasteiger partial charge in [-0.2, -0.15) is 0 Å². The van der Waals surface area contributed by atoms with Gasteiger partial charge in [-0.15, -0.1) is 22.2 Å². The minimum absolute atomic E-state index is 0.440. The van der Waals surface area contributed by atoms with E-state index in [1.807, 2.05) is 18.2 Å². The Kier molecular flexibility index (Phi) is 6.13. The molecule has 0 bridgehead atoms. The van der Waals surface area contributed by atoms with Crippen LogP contribution in [0.2, 0.25) is 6.04 Å². The molecule has 0 saturated heterocycles. The summed E-state index contributed by atoms with van der Waals surface area (Å²) in [6, 6.07) is 32.4. The van der Waals surface area contributed by atoms with Gasteiger partial charge in [0.2, 0.25) is 0 Å². The third-order valence-electron chi connectivity index (χ3n) is 3.98. The third-order valence-corrected chi connectivity index (χ3v) is 11.4. The summed E-state index contributed by atoms with van der Waals surface area (Å²) in [6.07, 6.45) is 1.01. The van der Waals surface area contributed by atoms with Crippen molar-refractivity contribution in [2.24, 2.45) is 0 Å². The molecule has 0 radical (unpaired) electrons. The first-order chi connectivity index (χ1) is 11.7. The summed E-state index contributed by atoms with van der Waals surface area (Å²) in [5.74, 6) is 0. The van der Waals surface area contributed by atoms with Crippen LogP contribution in [-0.2, 0) is 0 Å². The number of rotatable bonds is 6. The van der Waals surface area contributed by atoms with E-state index in [4.69, 9.17) is 22.2 Å². The van der Waals surface area contributed by atoms with Crippen molar-refractivity contribution >= 4 is 52.6 Å². The zero-order valence-electron chi connectivity index (χ0n) is 13.3. The van der Waals surface area contributed by atoms with Gasteiger partial charge in [0.25, 0.3) is 6.69 Å². The Morgan fingerprint density at radius 2 is 1.04 bits per heavy atom. The maximum Gasteiger partial charge on any atom is 0.281 e. The standard InChI is InChI=1S/C20H19Cl2PSi/c21-24(22,20-14-8-3-9-15-20)17-16-23(18-10-4-1-5-11-18)19-12-6-2-7-13-19/h1-15H,16-17H2. The highest BCUT2D eigenvalue weighted by atomic mass is 35.7. The van der Waals surface area contributed by atoms with E-state index < -0.39 is 14.6 Å². The summed E-state index contributed by atoms with van der Waals surface area (Å²) in [6.45, 7) is -2.45. The molecule has 4 heteroatoms. The second kappa shape index (κ2) is 8.32. The van der Waals surface area contributed by atoms with Crippen molar-refractivity contribution in [2.75, 3.05) is 6.16 Å². The first-order valence-corrected chi connectivity index (χ1v) is 13.7. The minimum atomic E-state index is -2.45. The van der Waals surface area contributed by atoms with Gasteiger partial charge < -0.3 is 0 Å². The van der Waals surface area contributed by atoms with Crippen molar-refractivity contribution in [1.82, 2.24) is 0 Å². The quantitative estimate of drug-likeness (QED) is 0.318. The lowest BCUT2D eigenvalue weighted by atomic mass is 10.4. The summed E-state index contributed by atoms with van der Waals surface area (Å²) in [7, 11) is -0.440. The molecule has 3 aromatic carbocycles. The molecule has 24 heavy (non-hydrogen) atoms. The molecular weight excluding hydrogens is 370 g/mol. The highest BCUT2D eigenvalue weighted by Crippen LogP contribution is 2.37. The van der Waals surface area contributed by atoms with E-state index in [0.717, 1.165) is 17.4 Å². The van der Waals surface area contributed by atoms with Crippen molar-refractivity contribution in [1.29, 1.82) is 0 Å². The summed E-state index contributed by atoms with van der Waals surface area (Å²) in [5.41, 5.74) is 0. The van der Waals surface area contributed by atoms with Crippen LogP contribution in [0.15, 0.2) is 91.0 Å². The Morgan fingerprint density at radius 1 is 0.625 bits per heavy atom.